The fraction of sp³-hybridized carbons (Fsp3) is 0.385. The molecule has 0 saturated heterocycles. The highest BCUT2D eigenvalue weighted by Gasteiger charge is 2.08. The van der Waals surface area contributed by atoms with E-state index in [0.29, 0.717) is 18.8 Å². The standard InChI is InChI=1S/C13H17N3O2/c1-9-3-4-13(11(7-9)5-6-14)17-8-12-10(2)15-18-16-12/h3-4,7H,5-6,8,14H2,1-2H3. The Hall–Kier alpha value is -1.88. The summed E-state index contributed by atoms with van der Waals surface area (Å²) in [6, 6.07) is 6.07. The Morgan fingerprint density at radius 2 is 2.11 bits per heavy atom. The summed E-state index contributed by atoms with van der Waals surface area (Å²) >= 11 is 0. The van der Waals surface area contributed by atoms with Crippen molar-refractivity contribution in [1.29, 1.82) is 0 Å². The molecule has 1 aromatic carbocycles. The molecule has 0 aliphatic heterocycles. The van der Waals surface area contributed by atoms with Gasteiger partial charge in [0.25, 0.3) is 0 Å². The smallest absolute Gasteiger partial charge is 0.145 e. The molecule has 2 rings (SSSR count). The molecule has 0 atom stereocenters. The summed E-state index contributed by atoms with van der Waals surface area (Å²) in [5.74, 6) is 0.841. The zero-order valence-electron chi connectivity index (χ0n) is 10.6. The first-order valence-electron chi connectivity index (χ1n) is 5.91. The Morgan fingerprint density at radius 3 is 2.78 bits per heavy atom. The third kappa shape index (κ3) is 2.87. The van der Waals surface area contributed by atoms with E-state index in [-0.39, 0.29) is 0 Å². The van der Waals surface area contributed by atoms with Gasteiger partial charge in [-0.3, -0.25) is 0 Å². The molecule has 0 aliphatic carbocycles. The number of rotatable bonds is 5. The van der Waals surface area contributed by atoms with E-state index in [1.807, 2.05) is 19.1 Å². The van der Waals surface area contributed by atoms with Crippen LogP contribution in [-0.2, 0) is 13.0 Å². The number of hydrogen-bond donors (Lipinski definition) is 1. The average molecular weight is 247 g/mol. The summed E-state index contributed by atoms with van der Waals surface area (Å²) in [6.07, 6.45) is 0.799. The molecule has 0 unspecified atom stereocenters. The third-order valence-electron chi connectivity index (χ3n) is 2.74. The van der Waals surface area contributed by atoms with E-state index in [1.165, 1.54) is 5.56 Å². The first-order valence-corrected chi connectivity index (χ1v) is 5.91. The molecule has 2 N–H and O–H groups in total. The minimum atomic E-state index is 0.357. The van der Waals surface area contributed by atoms with Gasteiger partial charge in [-0.15, -0.1) is 0 Å². The Morgan fingerprint density at radius 1 is 1.28 bits per heavy atom. The van der Waals surface area contributed by atoms with Crippen molar-refractivity contribution in [2.24, 2.45) is 5.73 Å². The van der Waals surface area contributed by atoms with Crippen molar-refractivity contribution in [3.05, 3.63) is 40.7 Å². The van der Waals surface area contributed by atoms with Crippen molar-refractivity contribution < 1.29 is 9.37 Å². The van der Waals surface area contributed by atoms with E-state index < -0.39 is 0 Å². The molecule has 1 heterocycles. The van der Waals surface area contributed by atoms with Gasteiger partial charge in [0.1, 0.15) is 23.7 Å². The van der Waals surface area contributed by atoms with Crippen molar-refractivity contribution in [2.75, 3.05) is 6.54 Å². The van der Waals surface area contributed by atoms with Crippen LogP contribution in [0.5, 0.6) is 5.75 Å². The second kappa shape index (κ2) is 5.64. The number of ether oxygens (including phenoxy) is 1. The van der Waals surface area contributed by atoms with E-state index in [0.717, 1.165) is 23.4 Å². The van der Waals surface area contributed by atoms with Gasteiger partial charge in [-0.2, -0.15) is 0 Å². The Kier molecular flexibility index (Phi) is 3.94. The molecule has 2 aromatic rings. The Bertz CT molecular complexity index is 523. The van der Waals surface area contributed by atoms with E-state index in [1.54, 1.807) is 0 Å². The van der Waals surface area contributed by atoms with Gasteiger partial charge in [-0.1, -0.05) is 28.0 Å². The van der Waals surface area contributed by atoms with Crippen molar-refractivity contribution in [3.8, 4) is 5.75 Å². The van der Waals surface area contributed by atoms with E-state index >= 15 is 0 Å². The predicted octanol–water partition coefficient (Wildman–Crippen LogP) is 1.77. The van der Waals surface area contributed by atoms with Crippen LogP contribution in [0.2, 0.25) is 0 Å². The van der Waals surface area contributed by atoms with Crippen LogP contribution in [-0.4, -0.2) is 16.9 Å². The molecular weight excluding hydrogens is 230 g/mol. The molecule has 18 heavy (non-hydrogen) atoms. The second-order valence-electron chi connectivity index (χ2n) is 4.23. The van der Waals surface area contributed by atoms with Gasteiger partial charge in [0, 0.05) is 0 Å². The molecule has 0 radical (unpaired) electrons. The topological polar surface area (TPSA) is 74.2 Å². The summed E-state index contributed by atoms with van der Waals surface area (Å²) in [7, 11) is 0. The molecule has 96 valence electrons. The number of aromatic nitrogens is 2. The van der Waals surface area contributed by atoms with Gasteiger partial charge in [0.05, 0.1) is 0 Å². The van der Waals surface area contributed by atoms with Gasteiger partial charge in [0.2, 0.25) is 0 Å². The van der Waals surface area contributed by atoms with Crippen molar-refractivity contribution in [3.63, 3.8) is 0 Å². The number of nitrogens with zero attached hydrogens (tertiary/aromatic N) is 2. The summed E-state index contributed by atoms with van der Waals surface area (Å²) < 4.78 is 10.4. The van der Waals surface area contributed by atoms with Crippen LogP contribution < -0.4 is 10.5 Å². The van der Waals surface area contributed by atoms with E-state index in [2.05, 4.69) is 27.9 Å². The number of aryl methyl sites for hydroxylation is 2. The fourth-order valence-electron chi connectivity index (χ4n) is 1.73. The minimum Gasteiger partial charge on any atom is -0.487 e. The zero-order chi connectivity index (χ0) is 13.0. The van der Waals surface area contributed by atoms with Crippen molar-refractivity contribution in [1.82, 2.24) is 10.3 Å². The van der Waals surface area contributed by atoms with Gasteiger partial charge in [0.15, 0.2) is 0 Å². The molecule has 1 aromatic heterocycles. The maximum atomic E-state index is 5.75. The van der Waals surface area contributed by atoms with Gasteiger partial charge < -0.3 is 10.5 Å². The van der Waals surface area contributed by atoms with Crippen LogP contribution >= 0.6 is 0 Å². The van der Waals surface area contributed by atoms with E-state index in [9.17, 15) is 0 Å². The monoisotopic (exact) mass is 247 g/mol. The molecular formula is C13H17N3O2. The highest BCUT2D eigenvalue weighted by molar-refractivity contribution is 5.37. The molecule has 0 bridgehead atoms. The zero-order valence-corrected chi connectivity index (χ0v) is 10.6. The number of hydrogen-bond acceptors (Lipinski definition) is 5. The number of benzene rings is 1. The first kappa shape index (κ1) is 12.6. The van der Waals surface area contributed by atoms with Gasteiger partial charge >= 0.3 is 0 Å². The van der Waals surface area contributed by atoms with Crippen LogP contribution in [0.15, 0.2) is 22.8 Å². The fourth-order valence-corrected chi connectivity index (χ4v) is 1.73. The SMILES string of the molecule is Cc1ccc(OCc2nonc2C)c(CCN)c1. The summed E-state index contributed by atoms with van der Waals surface area (Å²) in [6.45, 7) is 4.85. The first-order chi connectivity index (χ1) is 8.70. The third-order valence-corrected chi connectivity index (χ3v) is 2.74. The van der Waals surface area contributed by atoms with Crippen LogP contribution in [0.3, 0.4) is 0 Å². The van der Waals surface area contributed by atoms with Crippen LogP contribution in [0.4, 0.5) is 0 Å². The largest absolute Gasteiger partial charge is 0.487 e. The predicted molar refractivity (Wildman–Crippen MR) is 67.3 cm³/mol. The normalized spacial score (nSPS) is 10.6. The lowest BCUT2D eigenvalue weighted by Gasteiger charge is -2.10. The maximum absolute atomic E-state index is 5.75. The lowest BCUT2D eigenvalue weighted by Crippen LogP contribution is -2.06. The van der Waals surface area contributed by atoms with Crippen molar-refractivity contribution in [2.45, 2.75) is 26.9 Å². The molecule has 0 saturated carbocycles. The minimum absolute atomic E-state index is 0.357. The van der Waals surface area contributed by atoms with Crippen LogP contribution in [0, 0.1) is 13.8 Å². The van der Waals surface area contributed by atoms with Gasteiger partial charge in [-0.25, -0.2) is 4.63 Å². The van der Waals surface area contributed by atoms with Crippen molar-refractivity contribution >= 4 is 0 Å². The van der Waals surface area contributed by atoms with Crippen LogP contribution in [0.25, 0.3) is 0 Å². The lowest BCUT2D eigenvalue weighted by atomic mass is 10.1. The Balaban J connectivity index is 2.11. The average Bonchev–Trinajstić information content (AvgIpc) is 2.74. The quantitative estimate of drug-likeness (QED) is 0.871. The summed E-state index contributed by atoms with van der Waals surface area (Å²) in [4.78, 5) is 0. The van der Waals surface area contributed by atoms with Gasteiger partial charge in [-0.05, 0) is 38.4 Å². The maximum Gasteiger partial charge on any atom is 0.145 e. The molecule has 0 aliphatic rings. The highest BCUT2D eigenvalue weighted by Crippen LogP contribution is 2.21. The number of nitrogens with two attached hydrogens (primary N) is 1. The molecule has 0 spiro atoms. The molecule has 5 heteroatoms. The molecule has 0 amide bonds. The lowest BCUT2D eigenvalue weighted by molar-refractivity contribution is 0.268. The highest BCUT2D eigenvalue weighted by atomic mass is 16.6. The second-order valence-corrected chi connectivity index (χ2v) is 4.23. The molecule has 5 nitrogen and oxygen atoms in total. The summed E-state index contributed by atoms with van der Waals surface area (Å²) in [5.41, 5.74) is 9.39. The van der Waals surface area contributed by atoms with E-state index in [4.69, 9.17) is 10.5 Å². The molecule has 0 fully saturated rings. The summed E-state index contributed by atoms with van der Waals surface area (Å²) in [5, 5.41) is 7.50. The van der Waals surface area contributed by atoms with Crippen LogP contribution in [0.1, 0.15) is 22.5 Å². The Labute approximate surface area is 106 Å².